The Morgan fingerprint density at radius 3 is 2.96 bits per heavy atom. The molecule has 0 bridgehead atoms. The number of amides is 1. The molecule has 2 heterocycles. The van der Waals surface area contributed by atoms with E-state index in [0.29, 0.717) is 6.54 Å². The predicted molar refractivity (Wildman–Crippen MR) is 92.3 cm³/mol. The Labute approximate surface area is 138 Å². The number of anilines is 1. The van der Waals surface area contributed by atoms with Crippen LogP contribution in [0.3, 0.4) is 0 Å². The molecule has 0 radical (unpaired) electrons. The lowest BCUT2D eigenvalue weighted by Crippen LogP contribution is -2.11. The fourth-order valence-electron chi connectivity index (χ4n) is 2.14. The molecule has 0 saturated carbocycles. The average Bonchev–Trinajstić information content (AvgIpc) is 3.19. The zero-order chi connectivity index (χ0) is 16.1. The van der Waals surface area contributed by atoms with Crippen molar-refractivity contribution in [1.29, 1.82) is 0 Å². The number of benzene rings is 1. The largest absolute Gasteiger partial charge is 0.322 e. The molecule has 3 rings (SSSR count). The number of hydrogen-bond donors (Lipinski definition) is 1. The van der Waals surface area contributed by atoms with Gasteiger partial charge in [0.05, 0.1) is 17.2 Å². The lowest BCUT2D eigenvalue weighted by Gasteiger charge is -2.09. The van der Waals surface area contributed by atoms with E-state index in [-0.39, 0.29) is 5.91 Å². The highest BCUT2D eigenvalue weighted by Gasteiger charge is 2.05. The molecule has 1 aromatic carbocycles. The Morgan fingerprint density at radius 2 is 2.22 bits per heavy atom. The smallest absolute Gasteiger partial charge is 0.248 e. The zero-order valence-electron chi connectivity index (χ0n) is 12.6. The highest BCUT2D eigenvalue weighted by atomic mass is 32.1. The molecular formula is C17H16N4OS. The minimum absolute atomic E-state index is 0.177. The second-order valence-corrected chi connectivity index (χ2v) is 6.04. The summed E-state index contributed by atoms with van der Waals surface area (Å²) in [6, 6.07) is 9.58. The Morgan fingerprint density at radius 1 is 1.35 bits per heavy atom. The van der Waals surface area contributed by atoms with E-state index in [0.717, 1.165) is 22.0 Å². The molecule has 0 aliphatic carbocycles. The standard InChI is InChI=1S/C17H16N4OS/c1-13-19-15(12-23-13)7-8-17(22)20-16-6-3-2-5-14(16)11-21-10-4-9-18-21/h2-10,12H,11H2,1H3,(H,20,22)/b8-7+. The van der Waals surface area contributed by atoms with Crippen molar-refractivity contribution in [2.24, 2.45) is 0 Å². The topological polar surface area (TPSA) is 59.8 Å². The predicted octanol–water partition coefficient (Wildman–Crippen LogP) is 3.35. The number of nitrogens with zero attached hydrogens (tertiary/aromatic N) is 3. The minimum Gasteiger partial charge on any atom is -0.322 e. The SMILES string of the molecule is Cc1nc(/C=C/C(=O)Nc2ccccc2Cn2cccn2)cs1. The van der Waals surface area contributed by atoms with Gasteiger partial charge in [-0.05, 0) is 30.7 Å². The van der Waals surface area contributed by atoms with Crippen molar-refractivity contribution in [2.45, 2.75) is 13.5 Å². The summed E-state index contributed by atoms with van der Waals surface area (Å²) in [6.07, 6.45) is 6.84. The molecule has 0 fully saturated rings. The second kappa shape index (κ2) is 7.02. The van der Waals surface area contributed by atoms with Gasteiger partial charge in [0.2, 0.25) is 5.91 Å². The van der Waals surface area contributed by atoms with E-state index in [1.54, 1.807) is 23.6 Å². The first-order valence-electron chi connectivity index (χ1n) is 7.17. The average molecular weight is 324 g/mol. The van der Waals surface area contributed by atoms with Crippen molar-refractivity contribution in [3.8, 4) is 0 Å². The molecule has 23 heavy (non-hydrogen) atoms. The van der Waals surface area contributed by atoms with Gasteiger partial charge in [0.1, 0.15) is 0 Å². The van der Waals surface area contributed by atoms with Crippen molar-refractivity contribution in [2.75, 3.05) is 5.32 Å². The van der Waals surface area contributed by atoms with Crippen LogP contribution in [0.4, 0.5) is 5.69 Å². The highest BCUT2D eigenvalue weighted by molar-refractivity contribution is 7.09. The van der Waals surface area contributed by atoms with Crippen LogP contribution in [0.15, 0.2) is 54.2 Å². The zero-order valence-corrected chi connectivity index (χ0v) is 13.5. The molecule has 0 aliphatic rings. The quantitative estimate of drug-likeness (QED) is 0.732. The number of aromatic nitrogens is 3. The van der Waals surface area contributed by atoms with Gasteiger partial charge in [0.15, 0.2) is 0 Å². The highest BCUT2D eigenvalue weighted by Crippen LogP contribution is 2.16. The molecule has 0 atom stereocenters. The number of rotatable bonds is 5. The van der Waals surface area contributed by atoms with E-state index in [2.05, 4.69) is 15.4 Å². The van der Waals surface area contributed by atoms with Gasteiger partial charge >= 0.3 is 0 Å². The van der Waals surface area contributed by atoms with Crippen molar-refractivity contribution in [3.63, 3.8) is 0 Å². The van der Waals surface area contributed by atoms with Crippen LogP contribution in [-0.4, -0.2) is 20.7 Å². The minimum atomic E-state index is -0.177. The molecular weight excluding hydrogens is 308 g/mol. The third-order valence-electron chi connectivity index (χ3n) is 3.21. The molecule has 5 nitrogen and oxygen atoms in total. The number of aryl methyl sites for hydroxylation is 1. The van der Waals surface area contributed by atoms with Crippen LogP contribution >= 0.6 is 11.3 Å². The Kier molecular flexibility index (Phi) is 4.63. The monoisotopic (exact) mass is 324 g/mol. The first-order valence-corrected chi connectivity index (χ1v) is 8.05. The number of hydrogen-bond acceptors (Lipinski definition) is 4. The van der Waals surface area contributed by atoms with Gasteiger partial charge in [-0.2, -0.15) is 5.10 Å². The van der Waals surface area contributed by atoms with Crippen molar-refractivity contribution >= 4 is 29.0 Å². The van der Waals surface area contributed by atoms with Crippen LogP contribution in [0, 0.1) is 6.92 Å². The molecule has 0 saturated heterocycles. The van der Waals surface area contributed by atoms with E-state index < -0.39 is 0 Å². The van der Waals surface area contributed by atoms with E-state index >= 15 is 0 Å². The summed E-state index contributed by atoms with van der Waals surface area (Å²) in [5.74, 6) is -0.177. The van der Waals surface area contributed by atoms with Gasteiger partial charge in [-0.25, -0.2) is 4.98 Å². The van der Waals surface area contributed by atoms with Gasteiger partial charge in [0, 0.05) is 29.5 Å². The summed E-state index contributed by atoms with van der Waals surface area (Å²) < 4.78 is 1.82. The molecule has 0 unspecified atom stereocenters. The number of nitrogens with one attached hydrogen (secondary N) is 1. The van der Waals surface area contributed by atoms with Crippen molar-refractivity contribution in [3.05, 3.63) is 70.4 Å². The van der Waals surface area contributed by atoms with Gasteiger partial charge in [-0.15, -0.1) is 11.3 Å². The molecule has 1 N–H and O–H groups in total. The summed E-state index contributed by atoms with van der Waals surface area (Å²) in [4.78, 5) is 16.4. The fourth-order valence-corrected chi connectivity index (χ4v) is 2.72. The van der Waals surface area contributed by atoms with Crippen LogP contribution in [0.2, 0.25) is 0 Å². The number of para-hydroxylation sites is 1. The fraction of sp³-hybridized carbons (Fsp3) is 0.118. The van der Waals surface area contributed by atoms with E-state index in [9.17, 15) is 4.79 Å². The third kappa shape index (κ3) is 4.14. The van der Waals surface area contributed by atoms with Crippen LogP contribution in [0.1, 0.15) is 16.3 Å². The molecule has 3 aromatic rings. The maximum Gasteiger partial charge on any atom is 0.248 e. The van der Waals surface area contributed by atoms with Crippen molar-refractivity contribution in [1.82, 2.24) is 14.8 Å². The van der Waals surface area contributed by atoms with Crippen molar-refractivity contribution < 1.29 is 4.79 Å². The summed E-state index contributed by atoms with van der Waals surface area (Å²) in [7, 11) is 0. The van der Waals surface area contributed by atoms with Crippen LogP contribution < -0.4 is 5.32 Å². The lowest BCUT2D eigenvalue weighted by atomic mass is 10.1. The maximum absolute atomic E-state index is 12.1. The summed E-state index contributed by atoms with van der Waals surface area (Å²) in [5, 5.41) is 10.0. The van der Waals surface area contributed by atoms with E-state index in [1.165, 1.54) is 6.08 Å². The van der Waals surface area contributed by atoms with Crippen LogP contribution in [-0.2, 0) is 11.3 Å². The molecule has 0 spiro atoms. The summed E-state index contributed by atoms with van der Waals surface area (Å²) in [6.45, 7) is 2.55. The maximum atomic E-state index is 12.1. The summed E-state index contributed by atoms with van der Waals surface area (Å²) in [5.41, 5.74) is 2.59. The molecule has 6 heteroatoms. The summed E-state index contributed by atoms with van der Waals surface area (Å²) >= 11 is 1.56. The van der Waals surface area contributed by atoms with Crippen LogP contribution in [0.25, 0.3) is 6.08 Å². The first kappa shape index (κ1) is 15.2. The first-order chi connectivity index (χ1) is 11.2. The molecule has 0 aliphatic heterocycles. The van der Waals surface area contributed by atoms with Gasteiger partial charge in [-0.3, -0.25) is 9.48 Å². The van der Waals surface area contributed by atoms with E-state index in [4.69, 9.17) is 0 Å². The Hall–Kier alpha value is -2.73. The number of carbonyl (C=O) groups is 1. The normalized spacial score (nSPS) is 11.0. The number of thiazole rings is 1. The Bertz CT molecular complexity index is 821. The number of carbonyl (C=O) groups excluding carboxylic acids is 1. The molecule has 1 amide bonds. The lowest BCUT2D eigenvalue weighted by molar-refractivity contribution is -0.111. The molecule has 116 valence electrons. The molecule has 2 aromatic heterocycles. The van der Waals surface area contributed by atoms with Gasteiger partial charge < -0.3 is 5.32 Å². The van der Waals surface area contributed by atoms with Gasteiger partial charge in [-0.1, -0.05) is 18.2 Å². The van der Waals surface area contributed by atoms with Gasteiger partial charge in [0.25, 0.3) is 0 Å². The third-order valence-corrected chi connectivity index (χ3v) is 4.00. The van der Waals surface area contributed by atoms with Crippen LogP contribution in [0.5, 0.6) is 0 Å². The van der Waals surface area contributed by atoms with E-state index in [1.807, 2.05) is 53.5 Å². The second-order valence-electron chi connectivity index (χ2n) is 4.97. The Balaban J connectivity index is 1.69.